The number of aliphatic hydroxyl groups is 1. The lowest BCUT2D eigenvalue weighted by molar-refractivity contribution is -0.139. The van der Waals surface area contributed by atoms with Crippen LogP contribution in [0.5, 0.6) is 11.5 Å². The molecule has 7 nitrogen and oxygen atoms in total. The molecule has 0 radical (unpaired) electrons. The molecule has 0 spiro atoms. The van der Waals surface area contributed by atoms with E-state index in [1.807, 2.05) is 45.0 Å². The number of carbonyl (C=O) groups is 2. The summed E-state index contributed by atoms with van der Waals surface area (Å²) >= 11 is 0. The predicted molar refractivity (Wildman–Crippen MR) is 127 cm³/mol. The van der Waals surface area contributed by atoms with Gasteiger partial charge < -0.3 is 24.4 Å². The zero-order valence-corrected chi connectivity index (χ0v) is 19.9. The number of Topliss-reactive ketones (excluding diaryl/α,β-unsaturated/α-hetero) is 1. The zero-order valence-electron chi connectivity index (χ0n) is 19.9. The van der Waals surface area contributed by atoms with Crippen LogP contribution in [-0.4, -0.2) is 67.0 Å². The predicted octanol–water partition coefficient (Wildman–Crippen LogP) is 3.86. The Hall–Kier alpha value is -3.32. The van der Waals surface area contributed by atoms with E-state index in [1.165, 1.54) is 0 Å². The number of hydrogen-bond donors (Lipinski definition) is 1. The highest BCUT2D eigenvalue weighted by Crippen LogP contribution is 2.40. The summed E-state index contributed by atoms with van der Waals surface area (Å²) < 4.78 is 11.0. The average Bonchev–Trinajstić information content (AvgIpc) is 3.03. The molecule has 1 atom stereocenters. The van der Waals surface area contributed by atoms with E-state index in [2.05, 4.69) is 0 Å². The number of hydrogen-bond acceptors (Lipinski definition) is 6. The van der Waals surface area contributed by atoms with Gasteiger partial charge in [-0.1, -0.05) is 12.1 Å². The third-order valence-corrected chi connectivity index (χ3v) is 5.45. The van der Waals surface area contributed by atoms with Crippen LogP contribution < -0.4 is 9.47 Å². The second kappa shape index (κ2) is 10.5. The Kier molecular flexibility index (Phi) is 7.76. The van der Waals surface area contributed by atoms with Crippen molar-refractivity contribution in [3.05, 3.63) is 65.2 Å². The summed E-state index contributed by atoms with van der Waals surface area (Å²) in [5.41, 5.74) is 1.24. The number of aliphatic hydroxyl groups excluding tert-OH is 1. The topological polar surface area (TPSA) is 79.3 Å². The number of nitrogens with zero attached hydrogens (tertiary/aromatic N) is 2. The Morgan fingerprint density at radius 2 is 1.79 bits per heavy atom. The van der Waals surface area contributed by atoms with Gasteiger partial charge in [0.05, 0.1) is 24.8 Å². The van der Waals surface area contributed by atoms with Crippen LogP contribution in [0.1, 0.15) is 37.4 Å². The Labute approximate surface area is 195 Å². The second-order valence-corrected chi connectivity index (χ2v) is 8.62. The van der Waals surface area contributed by atoms with Gasteiger partial charge in [0.15, 0.2) is 0 Å². The third kappa shape index (κ3) is 5.54. The van der Waals surface area contributed by atoms with Crippen molar-refractivity contribution in [2.24, 2.45) is 0 Å². The first-order chi connectivity index (χ1) is 15.7. The summed E-state index contributed by atoms with van der Waals surface area (Å²) in [6, 6.07) is 13.4. The van der Waals surface area contributed by atoms with E-state index in [9.17, 15) is 14.7 Å². The molecule has 0 aliphatic carbocycles. The molecule has 0 saturated carbocycles. The molecule has 176 valence electrons. The molecule has 7 heteroatoms. The second-order valence-electron chi connectivity index (χ2n) is 8.62. The Morgan fingerprint density at radius 1 is 1.09 bits per heavy atom. The molecule has 1 aliphatic heterocycles. The van der Waals surface area contributed by atoms with E-state index in [-0.39, 0.29) is 17.4 Å². The van der Waals surface area contributed by atoms with Gasteiger partial charge in [0.1, 0.15) is 17.3 Å². The third-order valence-electron chi connectivity index (χ3n) is 5.45. The van der Waals surface area contributed by atoms with Gasteiger partial charge in [0, 0.05) is 12.1 Å². The Balaban J connectivity index is 2.05. The van der Waals surface area contributed by atoms with Crippen LogP contribution in [0, 0.1) is 0 Å². The lowest BCUT2D eigenvalue weighted by Crippen LogP contribution is -2.32. The maximum Gasteiger partial charge on any atom is 0.295 e. The van der Waals surface area contributed by atoms with Crippen molar-refractivity contribution in [3.8, 4) is 11.5 Å². The summed E-state index contributed by atoms with van der Waals surface area (Å²) in [5, 5.41) is 11.2. The molecule has 0 aromatic heterocycles. The molecular weight excluding hydrogens is 420 g/mol. The van der Waals surface area contributed by atoms with Crippen molar-refractivity contribution in [2.45, 2.75) is 32.4 Å². The quantitative estimate of drug-likeness (QED) is 0.354. The van der Waals surface area contributed by atoms with E-state index in [0.717, 1.165) is 6.54 Å². The summed E-state index contributed by atoms with van der Waals surface area (Å²) in [5.74, 6) is -0.223. The van der Waals surface area contributed by atoms with Gasteiger partial charge in [-0.2, -0.15) is 0 Å². The average molecular weight is 453 g/mol. The van der Waals surface area contributed by atoms with Crippen LogP contribution in [0.25, 0.3) is 5.76 Å². The van der Waals surface area contributed by atoms with Crippen LogP contribution in [-0.2, 0) is 9.59 Å². The van der Waals surface area contributed by atoms with Crippen molar-refractivity contribution in [1.82, 2.24) is 9.80 Å². The fourth-order valence-electron chi connectivity index (χ4n) is 3.95. The number of ketones is 1. The van der Waals surface area contributed by atoms with Gasteiger partial charge >= 0.3 is 0 Å². The van der Waals surface area contributed by atoms with Crippen LogP contribution in [0.2, 0.25) is 0 Å². The summed E-state index contributed by atoms with van der Waals surface area (Å²) in [6.07, 6.45) is 0.715. The number of ether oxygens (including phenoxy) is 2. The molecule has 1 aliphatic rings. The van der Waals surface area contributed by atoms with E-state index in [0.29, 0.717) is 35.6 Å². The number of likely N-dealkylation sites (tertiary alicyclic amines) is 1. The van der Waals surface area contributed by atoms with Gasteiger partial charge in [-0.25, -0.2) is 0 Å². The number of benzene rings is 2. The van der Waals surface area contributed by atoms with Crippen LogP contribution in [0.4, 0.5) is 0 Å². The highest BCUT2D eigenvalue weighted by Gasteiger charge is 2.45. The van der Waals surface area contributed by atoms with Crippen molar-refractivity contribution < 1.29 is 24.2 Å². The summed E-state index contributed by atoms with van der Waals surface area (Å²) in [7, 11) is 5.48. The van der Waals surface area contributed by atoms with E-state index >= 15 is 0 Å². The van der Waals surface area contributed by atoms with Crippen LogP contribution >= 0.6 is 0 Å². The molecule has 0 bridgehead atoms. The molecule has 1 heterocycles. The Morgan fingerprint density at radius 3 is 2.39 bits per heavy atom. The lowest BCUT2D eigenvalue weighted by atomic mass is 9.95. The molecule has 3 rings (SSSR count). The fourth-order valence-corrected chi connectivity index (χ4v) is 3.95. The first-order valence-electron chi connectivity index (χ1n) is 11.1. The Bertz CT molecular complexity index is 1030. The minimum Gasteiger partial charge on any atom is -0.507 e. The molecule has 2 aromatic carbocycles. The van der Waals surface area contributed by atoms with Crippen LogP contribution in [0.3, 0.4) is 0 Å². The minimum atomic E-state index is -0.700. The van der Waals surface area contributed by atoms with Gasteiger partial charge in [-0.15, -0.1) is 0 Å². The monoisotopic (exact) mass is 452 g/mol. The number of carbonyl (C=O) groups excluding carboxylic acids is 2. The summed E-state index contributed by atoms with van der Waals surface area (Å²) in [4.78, 5) is 29.7. The van der Waals surface area contributed by atoms with Gasteiger partial charge in [-0.05, 0) is 82.9 Å². The fraction of sp³-hybridized carbons (Fsp3) is 0.385. The smallest absolute Gasteiger partial charge is 0.295 e. The maximum absolute atomic E-state index is 13.1. The van der Waals surface area contributed by atoms with Gasteiger partial charge in [-0.3, -0.25) is 9.59 Å². The standard InChI is InChI=1S/C26H32N2O5/c1-17(2)33-20-12-10-18(11-13-20)24(29)22-23(19-8-6-9-21(16-19)32-5)28(26(31)25(22)30)15-7-14-27(3)4/h6,8-13,16-17,23,29H,7,14-15H2,1-5H3/b24-22+/t23-/m1/s1. The van der Waals surface area contributed by atoms with E-state index < -0.39 is 17.7 Å². The van der Waals surface area contributed by atoms with E-state index in [4.69, 9.17) is 9.47 Å². The molecule has 1 saturated heterocycles. The summed E-state index contributed by atoms with van der Waals surface area (Å²) in [6.45, 7) is 5.02. The highest BCUT2D eigenvalue weighted by atomic mass is 16.5. The minimum absolute atomic E-state index is 0.0185. The molecular formula is C26H32N2O5. The largest absolute Gasteiger partial charge is 0.507 e. The van der Waals surface area contributed by atoms with Crippen LogP contribution in [0.15, 0.2) is 54.1 Å². The van der Waals surface area contributed by atoms with Crippen molar-refractivity contribution in [1.29, 1.82) is 0 Å². The van der Waals surface area contributed by atoms with Crippen molar-refractivity contribution in [3.63, 3.8) is 0 Å². The van der Waals surface area contributed by atoms with Crippen molar-refractivity contribution in [2.75, 3.05) is 34.3 Å². The van der Waals surface area contributed by atoms with Gasteiger partial charge in [0.25, 0.3) is 11.7 Å². The van der Waals surface area contributed by atoms with Crippen molar-refractivity contribution >= 4 is 17.4 Å². The normalized spacial score (nSPS) is 17.8. The van der Waals surface area contributed by atoms with Gasteiger partial charge in [0.2, 0.25) is 0 Å². The number of amides is 1. The molecule has 33 heavy (non-hydrogen) atoms. The maximum atomic E-state index is 13.1. The number of rotatable bonds is 9. The van der Waals surface area contributed by atoms with E-state index in [1.54, 1.807) is 48.4 Å². The lowest BCUT2D eigenvalue weighted by Gasteiger charge is -2.26. The molecule has 2 aromatic rings. The molecule has 0 unspecified atom stereocenters. The first kappa shape index (κ1) is 24.3. The zero-order chi connectivity index (χ0) is 24.1. The molecule has 1 amide bonds. The SMILES string of the molecule is COc1cccc([C@@H]2/C(=C(\O)c3ccc(OC(C)C)cc3)C(=O)C(=O)N2CCCN(C)C)c1. The first-order valence-corrected chi connectivity index (χ1v) is 11.1. The highest BCUT2D eigenvalue weighted by molar-refractivity contribution is 6.46. The molecule has 1 fully saturated rings. The molecule has 1 N–H and O–H groups in total. The number of methoxy groups -OCH3 is 1.